The monoisotopic (exact) mass is 820 g/mol. The zero-order chi connectivity index (χ0) is 41.4. The minimum Gasteiger partial charge on any atom is -0.309 e. The topological polar surface area (TPSA) is 34.0 Å². The highest BCUT2D eigenvalue weighted by atomic mass is 32.2. The second-order valence-corrected chi connectivity index (χ2v) is 17.2. The second-order valence-electron chi connectivity index (χ2n) is 16.1. The lowest BCUT2D eigenvalue weighted by atomic mass is 9.96. The van der Waals surface area contributed by atoms with Crippen LogP contribution in [0.15, 0.2) is 228 Å². The zero-order valence-corrected chi connectivity index (χ0v) is 34.8. The molecule has 0 unspecified atom stereocenters. The molecule has 2 aromatic heterocycles. The molecule has 0 saturated carbocycles. The first-order valence-electron chi connectivity index (χ1n) is 21.3. The first kappa shape index (κ1) is 35.7. The van der Waals surface area contributed by atoms with Gasteiger partial charge in [0.1, 0.15) is 0 Å². The molecular formula is C58H36N4S. The van der Waals surface area contributed by atoms with Gasteiger partial charge < -0.3 is 9.47 Å². The Morgan fingerprint density at radius 3 is 1.95 bits per heavy atom. The molecule has 1 aliphatic rings. The largest absolute Gasteiger partial charge is 0.309 e. The highest BCUT2D eigenvalue weighted by molar-refractivity contribution is 7.99. The Morgan fingerprint density at radius 2 is 1.05 bits per heavy atom. The molecule has 12 aromatic rings. The van der Waals surface area contributed by atoms with E-state index in [0.717, 1.165) is 50.1 Å². The molecule has 294 valence electrons. The number of anilines is 3. The van der Waals surface area contributed by atoms with Crippen LogP contribution in [0.1, 0.15) is 0 Å². The van der Waals surface area contributed by atoms with Gasteiger partial charge >= 0.3 is 0 Å². The van der Waals surface area contributed by atoms with Crippen LogP contribution in [0.25, 0.3) is 93.7 Å². The van der Waals surface area contributed by atoms with Crippen LogP contribution in [0.3, 0.4) is 0 Å². The van der Waals surface area contributed by atoms with Crippen molar-refractivity contribution in [1.29, 1.82) is 0 Å². The van der Waals surface area contributed by atoms with E-state index in [-0.39, 0.29) is 0 Å². The standard InChI is InChI=1S/C58H36N4S/c1-2-19-41(20-3-1)61-49-28-10-11-30-53(49)63-54-34-32-39(36-52(54)61)45-25-14-29-50-56(45)55-44-23-7-5-16-38(44)31-33-51(55)62(50)42-21-12-18-40(35-42)58-59-48-27-9-8-24-47(48)57(60-58)46-26-13-17-37-15-4-6-22-43(37)46/h1-36H. The fourth-order valence-corrected chi connectivity index (χ4v) is 10.8. The number of rotatable bonds is 5. The van der Waals surface area contributed by atoms with Crippen molar-refractivity contribution in [3.8, 4) is 39.5 Å². The summed E-state index contributed by atoms with van der Waals surface area (Å²) in [4.78, 5) is 15.5. The van der Waals surface area contributed by atoms with Gasteiger partial charge in [0.25, 0.3) is 0 Å². The van der Waals surface area contributed by atoms with Gasteiger partial charge in [-0.25, -0.2) is 9.97 Å². The van der Waals surface area contributed by atoms with Gasteiger partial charge in [-0.05, 0) is 99.4 Å². The maximum atomic E-state index is 5.38. The van der Waals surface area contributed by atoms with Crippen molar-refractivity contribution in [2.75, 3.05) is 4.90 Å². The first-order chi connectivity index (χ1) is 31.2. The Balaban J connectivity index is 1.02. The van der Waals surface area contributed by atoms with Crippen LogP contribution in [0.4, 0.5) is 17.1 Å². The molecule has 5 heteroatoms. The van der Waals surface area contributed by atoms with Gasteiger partial charge in [0.15, 0.2) is 5.82 Å². The molecule has 10 aromatic carbocycles. The molecule has 1 aliphatic heterocycles. The predicted octanol–water partition coefficient (Wildman–Crippen LogP) is 16.0. The smallest absolute Gasteiger partial charge is 0.160 e. The van der Waals surface area contributed by atoms with E-state index in [9.17, 15) is 0 Å². The van der Waals surface area contributed by atoms with Crippen molar-refractivity contribution in [3.05, 3.63) is 218 Å². The summed E-state index contributed by atoms with van der Waals surface area (Å²) < 4.78 is 2.43. The first-order valence-corrected chi connectivity index (χ1v) is 22.1. The van der Waals surface area contributed by atoms with Crippen molar-refractivity contribution < 1.29 is 0 Å². The van der Waals surface area contributed by atoms with E-state index in [1.807, 2.05) is 11.8 Å². The molecule has 0 bridgehead atoms. The van der Waals surface area contributed by atoms with Crippen LogP contribution in [0.2, 0.25) is 0 Å². The van der Waals surface area contributed by atoms with E-state index in [2.05, 4.69) is 228 Å². The summed E-state index contributed by atoms with van der Waals surface area (Å²) in [5.41, 5.74) is 13.1. The average Bonchev–Trinajstić information content (AvgIpc) is 3.70. The Labute approximate surface area is 368 Å². The quantitative estimate of drug-likeness (QED) is 0.173. The second kappa shape index (κ2) is 14.3. The molecule has 0 amide bonds. The van der Waals surface area contributed by atoms with Crippen molar-refractivity contribution in [2.24, 2.45) is 0 Å². The fraction of sp³-hybridized carbons (Fsp3) is 0. The zero-order valence-electron chi connectivity index (χ0n) is 34.0. The Hall–Kier alpha value is -7.99. The minimum atomic E-state index is 0.696. The molecule has 3 heterocycles. The summed E-state index contributed by atoms with van der Waals surface area (Å²) >= 11 is 1.84. The maximum absolute atomic E-state index is 5.38. The predicted molar refractivity (Wildman–Crippen MR) is 264 cm³/mol. The van der Waals surface area contributed by atoms with Crippen LogP contribution in [0, 0.1) is 0 Å². The Kier molecular flexibility index (Phi) is 8.11. The molecular weight excluding hydrogens is 785 g/mol. The lowest BCUT2D eigenvalue weighted by Crippen LogP contribution is -2.14. The third-order valence-corrected chi connectivity index (χ3v) is 13.7. The number of fused-ring (bicyclic) bond motifs is 9. The summed E-state index contributed by atoms with van der Waals surface area (Å²) in [5, 5.41) is 8.30. The SMILES string of the molecule is c1ccc(N2c3ccccc3Sc3ccc(-c4cccc5c4c4c6ccccc6ccc4n5-c4cccc(-c5nc(-c6cccc7ccccc67)c6ccccc6n5)c4)cc32)cc1. The van der Waals surface area contributed by atoms with Crippen LogP contribution >= 0.6 is 11.8 Å². The third kappa shape index (κ3) is 5.71. The average molecular weight is 821 g/mol. The summed E-state index contributed by atoms with van der Waals surface area (Å²) in [5.74, 6) is 0.696. The van der Waals surface area contributed by atoms with Crippen molar-refractivity contribution in [2.45, 2.75) is 9.79 Å². The van der Waals surface area contributed by atoms with Crippen molar-refractivity contribution in [1.82, 2.24) is 14.5 Å². The van der Waals surface area contributed by atoms with E-state index in [4.69, 9.17) is 9.97 Å². The van der Waals surface area contributed by atoms with Gasteiger partial charge in [0, 0.05) is 48.5 Å². The normalized spacial score (nSPS) is 12.3. The molecule has 0 atom stereocenters. The number of aromatic nitrogens is 3. The lowest BCUT2D eigenvalue weighted by molar-refractivity contribution is 1.17. The summed E-state index contributed by atoms with van der Waals surface area (Å²) in [7, 11) is 0. The highest BCUT2D eigenvalue weighted by Crippen LogP contribution is 2.53. The third-order valence-electron chi connectivity index (χ3n) is 12.5. The fourth-order valence-electron chi connectivity index (χ4n) is 9.75. The summed E-state index contributed by atoms with van der Waals surface area (Å²) in [6, 6.07) is 78.6. The number of benzene rings is 10. The van der Waals surface area contributed by atoms with Crippen LogP contribution in [-0.2, 0) is 0 Å². The van der Waals surface area contributed by atoms with Gasteiger partial charge in [-0.2, -0.15) is 0 Å². The number of nitrogens with zero attached hydrogens (tertiary/aromatic N) is 4. The Bertz CT molecular complexity index is 3790. The van der Waals surface area contributed by atoms with E-state index >= 15 is 0 Å². The van der Waals surface area contributed by atoms with Gasteiger partial charge in [0.05, 0.1) is 33.6 Å². The van der Waals surface area contributed by atoms with E-state index in [1.165, 1.54) is 64.6 Å². The molecule has 0 saturated heterocycles. The van der Waals surface area contributed by atoms with Crippen LogP contribution in [-0.4, -0.2) is 14.5 Å². The molecule has 0 aliphatic carbocycles. The highest BCUT2D eigenvalue weighted by Gasteiger charge is 2.26. The molecule has 0 N–H and O–H groups in total. The molecule has 63 heavy (non-hydrogen) atoms. The van der Waals surface area contributed by atoms with Crippen molar-refractivity contribution >= 4 is 83.1 Å². The number of hydrogen-bond donors (Lipinski definition) is 0. The van der Waals surface area contributed by atoms with Crippen LogP contribution in [0.5, 0.6) is 0 Å². The van der Waals surface area contributed by atoms with E-state index in [1.54, 1.807) is 0 Å². The van der Waals surface area contributed by atoms with Gasteiger partial charge in [-0.15, -0.1) is 0 Å². The Morgan fingerprint density at radius 1 is 0.381 bits per heavy atom. The number of hydrogen-bond acceptors (Lipinski definition) is 4. The van der Waals surface area contributed by atoms with Gasteiger partial charge in [0.2, 0.25) is 0 Å². The van der Waals surface area contributed by atoms with Crippen molar-refractivity contribution in [3.63, 3.8) is 0 Å². The van der Waals surface area contributed by atoms with Crippen LogP contribution < -0.4 is 4.90 Å². The van der Waals surface area contributed by atoms with Gasteiger partial charge in [-0.3, -0.25) is 0 Å². The molecule has 13 rings (SSSR count). The maximum Gasteiger partial charge on any atom is 0.160 e. The van der Waals surface area contributed by atoms with E-state index in [0.29, 0.717) is 5.82 Å². The summed E-state index contributed by atoms with van der Waals surface area (Å²) in [6.45, 7) is 0. The minimum absolute atomic E-state index is 0.696. The van der Waals surface area contributed by atoms with Gasteiger partial charge in [-0.1, -0.05) is 163 Å². The lowest BCUT2D eigenvalue weighted by Gasteiger charge is -2.33. The molecule has 4 nitrogen and oxygen atoms in total. The summed E-state index contributed by atoms with van der Waals surface area (Å²) in [6.07, 6.45) is 0. The van der Waals surface area contributed by atoms with E-state index < -0.39 is 0 Å². The molecule has 0 spiro atoms. The molecule has 0 fully saturated rings. The number of para-hydroxylation sites is 3. The molecule has 0 radical (unpaired) electrons.